The van der Waals surface area contributed by atoms with E-state index in [1.165, 1.54) is 6.92 Å². The van der Waals surface area contributed by atoms with Crippen LogP contribution in [0.5, 0.6) is 11.5 Å². The molecule has 1 heterocycles. The van der Waals surface area contributed by atoms with E-state index in [0.29, 0.717) is 13.2 Å². The lowest BCUT2D eigenvalue weighted by Gasteiger charge is -2.37. The molecule has 1 aromatic rings. The Morgan fingerprint density at radius 2 is 1.77 bits per heavy atom. The first kappa shape index (κ1) is 22.1. The van der Waals surface area contributed by atoms with Crippen LogP contribution in [0, 0.1) is 0 Å². The van der Waals surface area contributed by atoms with Crippen molar-refractivity contribution in [1.82, 2.24) is 4.90 Å². The Morgan fingerprint density at radius 3 is 2.27 bits per heavy atom. The van der Waals surface area contributed by atoms with E-state index in [0.717, 1.165) is 43.4 Å². The van der Waals surface area contributed by atoms with Crippen LogP contribution in [0.15, 0.2) is 30.5 Å². The van der Waals surface area contributed by atoms with Crippen LogP contribution in [0.4, 0.5) is 5.69 Å². The Hall–Kier alpha value is -1.96. The molecule has 1 atom stereocenters. The number of methoxy groups -OCH3 is 3. The summed E-state index contributed by atoms with van der Waals surface area (Å²) >= 11 is 0. The number of hydrogen-bond acceptors (Lipinski definition) is 7. The monoisotopic (exact) mass is 368 g/mol. The molecule has 1 aliphatic heterocycles. The lowest BCUT2D eigenvalue weighted by Crippen LogP contribution is -2.49. The maximum atomic E-state index is 9.81. The third kappa shape index (κ3) is 7.51. The van der Waals surface area contributed by atoms with Gasteiger partial charge in [0.25, 0.3) is 0 Å². The fraction of sp³-hybridized carbons (Fsp3) is 0.579. The van der Waals surface area contributed by atoms with E-state index < -0.39 is 6.10 Å². The molecule has 0 spiro atoms. The van der Waals surface area contributed by atoms with Gasteiger partial charge < -0.3 is 29.3 Å². The van der Waals surface area contributed by atoms with Crippen LogP contribution in [-0.2, 0) is 4.74 Å². The summed E-state index contributed by atoms with van der Waals surface area (Å²) in [5.74, 6) is 1.79. The molecule has 2 N–H and O–H groups in total. The minimum absolute atomic E-state index is 0.167. The first-order valence-corrected chi connectivity index (χ1v) is 8.62. The highest BCUT2D eigenvalue weighted by molar-refractivity contribution is 5.61. The van der Waals surface area contributed by atoms with Gasteiger partial charge in [-0.05, 0) is 19.1 Å². The number of aliphatic hydroxyl groups is 2. The Balaban J connectivity index is 0.000000765. The number of benzene rings is 1. The number of nitrogens with zero attached hydrogens (tertiary/aromatic N) is 2. The van der Waals surface area contributed by atoms with Crippen LogP contribution in [0.25, 0.3) is 0 Å². The van der Waals surface area contributed by atoms with E-state index in [-0.39, 0.29) is 5.76 Å². The maximum Gasteiger partial charge on any atom is 0.145 e. The molecular formula is C19H32N2O5. The van der Waals surface area contributed by atoms with Gasteiger partial charge in [-0.1, -0.05) is 6.58 Å². The molecule has 1 aromatic carbocycles. The Labute approximate surface area is 156 Å². The van der Waals surface area contributed by atoms with Gasteiger partial charge in [0.2, 0.25) is 0 Å². The third-order valence-corrected chi connectivity index (χ3v) is 3.93. The van der Waals surface area contributed by atoms with E-state index >= 15 is 0 Å². The molecule has 2 rings (SSSR count). The predicted molar refractivity (Wildman–Crippen MR) is 104 cm³/mol. The number of β-amino-alcohol motifs (C(OH)–C–C–N with tert-alkyl or cyclic N) is 1. The van der Waals surface area contributed by atoms with Crippen molar-refractivity contribution < 1.29 is 24.4 Å². The summed E-state index contributed by atoms with van der Waals surface area (Å²) in [6.45, 7) is 9.31. The maximum absolute atomic E-state index is 9.81. The molecule has 0 aromatic heterocycles. The van der Waals surface area contributed by atoms with E-state index in [1.54, 1.807) is 21.3 Å². The van der Waals surface area contributed by atoms with Crippen molar-refractivity contribution >= 4 is 5.69 Å². The van der Waals surface area contributed by atoms with Crippen LogP contribution in [-0.4, -0.2) is 81.9 Å². The summed E-state index contributed by atoms with van der Waals surface area (Å²) < 4.78 is 15.7. The zero-order valence-corrected chi connectivity index (χ0v) is 16.3. The molecule has 1 aliphatic rings. The van der Waals surface area contributed by atoms with Crippen LogP contribution < -0.4 is 14.4 Å². The second-order valence-electron chi connectivity index (χ2n) is 6.17. The quantitative estimate of drug-likeness (QED) is 0.712. The fourth-order valence-electron chi connectivity index (χ4n) is 2.76. The van der Waals surface area contributed by atoms with Crippen molar-refractivity contribution in [3.8, 4) is 11.5 Å². The fourth-order valence-corrected chi connectivity index (χ4v) is 2.76. The summed E-state index contributed by atoms with van der Waals surface area (Å²) in [6, 6.07) is 5.89. The van der Waals surface area contributed by atoms with Gasteiger partial charge >= 0.3 is 0 Å². The molecule has 7 nitrogen and oxygen atoms in total. The summed E-state index contributed by atoms with van der Waals surface area (Å²) in [7, 11) is 4.94. The second-order valence-corrected chi connectivity index (χ2v) is 6.17. The molecule has 1 unspecified atom stereocenters. The second kappa shape index (κ2) is 11.6. The SMILES string of the molecule is C=C(C)O.COCC(O)CN1CCN(c2ccc(OC)cc2OC)CC1. The van der Waals surface area contributed by atoms with Crippen molar-refractivity contribution in [2.45, 2.75) is 13.0 Å². The van der Waals surface area contributed by atoms with E-state index in [2.05, 4.69) is 16.4 Å². The molecule has 26 heavy (non-hydrogen) atoms. The van der Waals surface area contributed by atoms with Crippen molar-refractivity contribution in [2.75, 3.05) is 65.6 Å². The molecule has 7 heteroatoms. The van der Waals surface area contributed by atoms with Gasteiger partial charge in [-0.25, -0.2) is 0 Å². The van der Waals surface area contributed by atoms with Gasteiger partial charge in [-0.2, -0.15) is 0 Å². The van der Waals surface area contributed by atoms with Crippen LogP contribution in [0.2, 0.25) is 0 Å². The minimum Gasteiger partial charge on any atom is -0.513 e. The van der Waals surface area contributed by atoms with E-state index in [1.807, 2.05) is 18.2 Å². The highest BCUT2D eigenvalue weighted by Crippen LogP contribution is 2.32. The van der Waals surface area contributed by atoms with Gasteiger partial charge in [-0.3, -0.25) is 4.90 Å². The average Bonchev–Trinajstić information content (AvgIpc) is 2.61. The zero-order valence-electron chi connectivity index (χ0n) is 16.3. The van der Waals surface area contributed by atoms with Crippen LogP contribution in [0.3, 0.4) is 0 Å². The molecule has 0 aliphatic carbocycles. The van der Waals surface area contributed by atoms with Gasteiger partial charge in [0.1, 0.15) is 11.5 Å². The number of aliphatic hydroxyl groups excluding tert-OH is 2. The van der Waals surface area contributed by atoms with Gasteiger partial charge in [0.05, 0.1) is 38.4 Å². The van der Waals surface area contributed by atoms with Gasteiger partial charge in [-0.15, -0.1) is 0 Å². The minimum atomic E-state index is -0.424. The number of rotatable bonds is 7. The van der Waals surface area contributed by atoms with Gasteiger partial charge in [0, 0.05) is 45.9 Å². The summed E-state index contributed by atoms with van der Waals surface area (Å²) in [6.07, 6.45) is -0.424. The summed E-state index contributed by atoms with van der Waals surface area (Å²) in [5, 5.41) is 17.7. The van der Waals surface area contributed by atoms with Crippen LogP contribution >= 0.6 is 0 Å². The largest absolute Gasteiger partial charge is 0.513 e. The predicted octanol–water partition coefficient (Wildman–Crippen LogP) is 1.91. The molecule has 0 radical (unpaired) electrons. The van der Waals surface area contributed by atoms with Crippen molar-refractivity contribution in [3.63, 3.8) is 0 Å². The number of allylic oxidation sites excluding steroid dienone is 1. The first-order chi connectivity index (χ1) is 12.4. The molecular weight excluding hydrogens is 336 g/mol. The summed E-state index contributed by atoms with van der Waals surface area (Å²) in [5.41, 5.74) is 1.08. The van der Waals surface area contributed by atoms with Gasteiger partial charge in [0.15, 0.2) is 0 Å². The Morgan fingerprint density at radius 1 is 1.15 bits per heavy atom. The third-order valence-electron chi connectivity index (χ3n) is 3.93. The van der Waals surface area contributed by atoms with Crippen molar-refractivity contribution in [3.05, 3.63) is 30.5 Å². The molecule has 1 fully saturated rings. The molecule has 0 saturated carbocycles. The number of ether oxygens (including phenoxy) is 3. The average molecular weight is 368 g/mol. The highest BCUT2D eigenvalue weighted by atomic mass is 16.5. The lowest BCUT2D eigenvalue weighted by atomic mass is 10.2. The summed E-state index contributed by atoms with van der Waals surface area (Å²) in [4.78, 5) is 4.56. The number of hydrogen-bond donors (Lipinski definition) is 2. The van der Waals surface area contributed by atoms with Crippen LogP contribution in [0.1, 0.15) is 6.92 Å². The number of anilines is 1. The zero-order chi connectivity index (χ0) is 19.5. The smallest absolute Gasteiger partial charge is 0.145 e. The van der Waals surface area contributed by atoms with Crippen molar-refractivity contribution in [2.24, 2.45) is 0 Å². The number of piperazine rings is 1. The van der Waals surface area contributed by atoms with Crippen molar-refractivity contribution in [1.29, 1.82) is 0 Å². The normalized spacial score (nSPS) is 15.7. The molecule has 0 bridgehead atoms. The molecule has 1 saturated heterocycles. The Kier molecular flexibility index (Phi) is 9.87. The first-order valence-electron chi connectivity index (χ1n) is 8.62. The molecule has 148 valence electrons. The van der Waals surface area contributed by atoms with E-state index in [4.69, 9.17) is 19.3 Å². The highest BCUT2D eigenvalue weighted by Gasteiger charge is 2.21. The molecule has 0 amide bonds. The topological polar surface area (TPSA) is 74.6 Å². The lowest BCUT2D eigenvalue weighted by molar-refractivity contribution is 0.0365. The standard InChI is InChI=1S/C16H26N2O4.C3H6O/c1-20-12-13(19)11-17-6-8-18(9-7-17)15-5-4-14(21-2)10-16(15)22-3;1-3(2)4/h4-5,10,13,19H,6-9,11-12H2,1-3H3;4H,1H2,2H3. The Bertz CT molecular complexity index is 541. The van der Waals surface area contributed by atoms with E-state index in [9.17, 15) is 5.11 Å².